The van der Waals surface area contributed by atoms with Crippen molar-refractivity contribution in [2.24, 2.45) is 0 Å². The van der Waals surface area contributed by atoms with Crippen LogP contribution < -0.4 is 15.8 Å². The minimum absolute atomic E-state index is 0.00550. The van der Waals surface area contributed by atoms with Gasteiger partial charge in [0, 0.05) is 9.75 Å². The van der Waals surface area contributed by atoms with Crippen LogP contribution in [-0.2, 0) is 13.0 Å². The first kappa shape index (κ1) is 14.5. The average molecular weight is 293 g/mol. The second-order valence-corrected chi connectivity index (χ2v) is 5.79. The van der Waals surface area contributed by atoms with Crippen molar-refractivity contribution in [2.45, 2.75) is 39.8 Å². The Bertz CT molecular complexity index is 570. The molecule has 0 aliphatic rings. The lowest BCUT2D eigenvalue weighted by Gasteiger charge is -2.09. The third-order valence-electron chi connectivity index (χ3n) is 2.46. The normalized spacial score (nSPS) is 10.8. The van der Waals surface area contributed by atoms with E-state index in [-0.39, 0.29) is 18.1 Å². The van der Waals surface area contributed by atoms with Gasteiger partial charge in [-0.25, -0.2) is 0 Å². The number of nitrogens with one attached hydrogen (secondary N) is 1. The third-order valence-corrected chi connectivity index (χ3v) is 3.69. The van der Waals surface area contributed by atoms with Gasteiger partial charge in [0.2, 0.25) is 11.9 Å². The summed E-state index contributed by atoms with van der Waals surface area (Å²) in [4.78, 5) is 14.8. The Morgan fingerprint density at radius 1 is 1.25 bits per heavy atom. The fourth-order valence-electron chi connectivity index (χ4n) is 1.59. The van der Waals surface area contributed by atoms with Gasteiger partial charge in [0.1, 0.15) is 0 Å². The molecule has 0 aliphatic carbocycles. The smallest absolute Gasteiger partial charge is 0.323 e. The number of hydrogen-bond donors (Lipinski definition) is 2. The number of rotatable bonds is 6. The molecular formula is C13H19N5OS. The van der Waals surface area contributed by atoms with Crippen LogP contribution in [0.1, 0.15) is 30.5 Å². The maximum absolute atomic E-state index is 5.65. The number of ether oxygens (including phenoxy) is 1. The maximum atomic E-state index is 5.65. The van der Waals surface area contributed by atoms with Crippen molar-refractivity contribution in [1.82, 2.24) is 15.0 Å². The van der Waals surface area contributed by atoms with E-state index in [0.29, 0.717) is 12.5 Å². The largest absolute Gasteiger partial charge is 0.461 e. The van der Waals surface area contributed by atoms with Crippen LogP contribution in [0.25, 0.3) is 0 Å². The van der Waals surface area contributed by atoms with E-state index in [1.807, 2.05) is 13.8 Å². The molecule has 3 N–H and O–H groups in total. The van der Waals surface area contributed by atoms with Crippen LogP contribution in [0.3, 0.4) is 0 Å². The lowest BCUT2D eigenvalue weighted by molar-refractivity contribution is 0.222. The van der Waals surface area contributed by atoms with E-state index in [1.165, 1.54) is 9.75 Å². The van der Waals surface area contributed by atoms with Gasteiger partial charge in [-0.05, 0) is 32.4 Å². The molecule has 20 heavy (non-hydrogen) atoms. The molecule has 0 aromatic carbocycles. The summed E-state index contributed by atoms with van der Waals surface area (Å²) in [6.45, 7) is 6.62. The molecule has 6 nitrogen and oxygen atoms in total. The Kier molecular flexibility index (Phi) is 4.73. The molecule has 0 radical (unpaired) electrons. The first-order valence-corrected chi connectivity index (χ1v) is 7.38. The minimum atomic E-state index is -0.00550. The van der Waals surface area contributed by atoms with Crippen molar-refractivity contribution in [1.29, 1.82) is 0 Å². The fourth-order valence-corrected chi connectivity index (χ4v) is 2.49. The Balaban J connectivity index is 2.03. The van der Waals surface area contributed by atoms with E-state index in [2.05, 4.69) is 39.3 Å². The lowest BCUT2D eigenvalue weighted by Crippen LogP contribution is -2.12. The van der Waals surface area contributed by atoms with Gasteiger partial charge in [-0.3, -0.25) is 0 Å². The van der Waals surface area contributed by atoms with Crippen molar-refractivity contribution in [3.05, 3.63) is 21.9 Å². The topological polar surface area (TPSA) is 86.0 Å². The van der Waals surface area contributed by atoms with Crippen molar-refractivity contribution < 1.29 is 4.74 Å². The van der Waals surface area contributed by atoms with Crippen molar-refractivity contribution >= 4 is 23.2 Å². The molecule has 0 spiro atoms. The standard InChI is InChI=1S/C13H19N5OS/c1-4-9-5-6-10(20-9)7-15-12-16-11(14)17-13(18-12)19-8(2)3/h5-6,8H,4,7H2,1-3H3,(H3,14,15,16,17,18). The van der Waals surface area contributed by atoms with Crippen LogP contribution in [0, 0.1) is 0 Å². The van der Waals surface area contributed by atoms with E-state index in [0.717, 1.165) is 6.42 Å². The summed E-state index contributed by atoms with van der Waals surface area (Å²) < 4.78 is 5.43. The van der Waals surface area contributed by atoms with Crippen LogP contribution in [0.2, 0.25) is 0 Å². The zero-order chi connectivity index (χ0) is 14.5. The van der Waals surface area contributed by atoms with Crippen molar-refractivity contribution in [3.63, 3.8) is 0 Å². The molecule has 108 valence electrons. The SMILES string of the molecule is CCc1ccc(CNc2nc(N)nc(OC(C)C)n2)s1. The van der Waals surface area contributed by atoms with Gasteiger partial charge >= 0.3 is 6.01 Å². The fraction of sp³-hybridized carbons (Fsp3) is 0.462. The highest BCUT2D eigenvalue weighted by Crippen LogP contribution is 2.18. The summed E-state index contributed by atoms with van der Waals surface area (Å²) in [6, 6.07) is 4.49. The molecule has 0 fully saturated rings. The zero-order valence-corrected chi connectivity index (χ0v) is 12.7. The highest BCUT2D eigenvalue weighted by molar-refractivity contribution is 7.12. The highest BCUT2D eigenvalue weighted by atomic mass is 32.1. The summed E-state index contributed by atoms with van der Waals surface area (Å²) in [5, 5.41) is 3.14. The molecule has 2 heterocycles. The number of thiophene rings is 1. The van der Waals surface area contributed by atoms with E-state index in [4.69, 9.17) is 10.5 Å². The number of hydrogen-bond acceptors (Lipinski definition) is 7. The van der Waals surface area contributed by atoms with Crippen molar-refractivity contribution in [2.75, 3.05) is 11.1 Å². The van der Waals surface area contributed by atoms with Gasteiger partial charge in [-0.2, -0.15) is 15.0 Å². The van der Waals surface area contributed by atoms with Gasteiger partial charge in [-0.1, -0.05) is 6.92 Å². The summed E-state index contributed by atoms with van der Waals surface area (Å²) >= 11 is 1.77. The summed E-state index contributed by atoms with van der Waals surface area (Å²) in [7, 11) is 0. The van der Waals surface area contributed by atoms with Gasteiger partial charge in [-0.15, -0.1) is 11.3 Å². The Morgan fingerprint density at radius 3 is 2.65 bits per heavy atom. The number of nitrogen functional groups attached to an aromatic ring is 1. The molecule has 0 atom stereocenters. The minimum Gasteiger partial charge on any atom is -0.461 e. The monoisotopic (exact) mass is 293 g/mol. The van der Waals surface area contributed by atoms with Crippen LogP contribution in [0.5, 0.6) is 6.01 Å². The molecular weight excluding hydrogens is 274 g/mol. The molecule has 7 heteroatoms. The Labute approximate surface area is 122 Å². The van der Waals surface area contributed by atoms with E-state index >= 15 is 0 Å². The Hall–Kier alpha value is -1.89. The van der Waals surface area contributed by atoms with Gasteiger partial charge in [0.15, 0.2) is 0 Å². The third kappa shape index (κ3) is 4.06. The molecule has 2 aromatic rings. The second-order valence-electron chi connectivity index (χ2n) is 4.54. The highest BCUT2D eigenvalue weighted by Gasteiger charge is 2.07. The average Bonchev–Trinajstić information content (AvgIpc) is 2.83. The predicted molar refractivity (Wildman–Crippen MR) is 81.0 cm³/mol. The molecule has 2 rings (SSSR count). The molecule has 0 saturated carbocycles. The summed E-state index contributed by atoms with van der Waals surface area (Å²) in [5.74, 6) is 0.582. The Morgan fingerprint density at radius 2 is 2.00 bits per heavy atom. The number of aryl methyl sites for hydroxylation is 1. The second kappa shape index (κ2) is 6.51. The first-order chi connectivity index (χ1) is 9.56. The van der Waals surface area contributed by atoms with Crippen molar-refractivity contribution in [3.8, 4) is 6.01 Å². The summed E-state index contributed by atoms with van der Waals surface area (Å²) in [5.41, 5.74) is 5.65. The number of nitrogens with two attached hydrogens (primary N) is 1. The van der Waals surface area contributed by atoms with Crippen LogP contribution in [-0.4, -0.2) is 21.1 Å². The van der Waals surface area contributed by atoms with Gasteiger partial charge < -0.3 is 15.8 Å². The number of nitrogens with zero attached hydrogens (tertiary/aromatic N) is 3. The number of aromatic nitrogens is 3. The molecule has 0 aliphatic heterocycles. The van der Waals surface area contributed by atoms with E-state index in [9.17, 15) is 0 Å². The first-order valence-electron chi connectivity index (χ1n) is 6.56. The predicted octanol–water partition coefficient (Wildman–Crippen LogP) is 2.48. The quantitative estimate of drug-likeness (QED) is 0.851. The number of anilines is 2. The molecule has 0 bridgehead atoms. The lowest BCUT2D eigenvalue weighted by atomic mass is 10.4. The van der Waals surface area contributed by atoms with Crippen LogP contribution in [0.4, 0.5) is 11.9 Å². The molecule has 0 saturated heterocycles. The molecule has 2 aromatic heterocycles. The maximum Gasteiger partial charge on any atom is 0.323 e. The molecule has 0 amide bonds. The van der Waals surface area contributed by atoms with E-state index < -0.39 is 0 Å². The van der Waals surface area contributed by atoms with Gasteiger partial charge in [0.05, 0.1) is 12.6 Å². The summed E-state index contributed by atoms with van der Waals surface area (Å²) in [6.07, 6.45) is 1.05. The van der Waals surface area contributed by atoms with Crippen LogP contribution in [0.15, 0.2) is 12.1 Å². The van der Waals surface area contributed by atoms with Gasteiger partial charge in [0.25, 0.3) is 0 Å². The van der Waals surface area contributed by atoms with Crippen LogP contribution >= 0.6 is 11.3 Å². The molecule has 0 unspecified atom stereocenters. The van der Waals surface area contributed by atoms with E-state index in [1.54, 1.807) is 11.3 Å². The zero-order valence-electron chi connectivity index (χ0n) is 11.9.